The predicted molar refractivity (Wildman–Crippen MR) is 66.9 cm³/mol. The lowest BCUT2D eigenvalue weighted by Gasteiger charge is -2.26. The Balaban J connectivity index is 4.25. The molecule has 0 spiro atoms. The SMILES string of the molecule is O=P(O)(O)CNC[C@@H](O)[C@H](O)[C@@H](O)[C@H](O)COP(=O)(O)O. The molecule has 0 rings (SSSR count). The van der Waals surface area contributed by atoms with E-state index in [1.807, 2.05) is 0 Å². The Morgan fingerprint density at radius 1 is 0.905 bits per heavy atom. The number of aliphatic hydroxyl groups is 4. The molecule has 0 unspecified atom stereocenters. The van der Waals surface area contributed by atoms with Crippen LogP contribution in [0.3, 0.4) is 0 Å². The molecule has 0 aromatic heterocycles. The zero-order chi connectivity index (χ0) is 16.8. The maximum absolute atomic E-state index is 10.5. The van der Waals surface area contributed by atoms with Crippen LogP contribution in [0.1, 0.15) is 0 Å². The van der Waals surface area contributed by atoms with Crippen molar-refractivity contribution in [3.05, 3.63) is 0 Å². The summed E-state index contributed by atoms with van der Waals surface area (Å²) in [6.07, 6.45) is -8.30. The van der Waals surface area contributed by atoms with E-state index >= 15 is 0 Å². The van der Waals surface area contributed by atoms with Crippen LogP contribution in [0.4, 0.5) is 0 Å². The second kappa shape index (κ2) is 8.63. The van der Waals surface area contributed by atoms with Crippen LogP contribution in [-0.2, 0) is 13.7 Å². The smallest absolute Gasteiger partial charge is 0.389 e. The summed E-state index contributed by atoms with van der Waals surface area (Å²) in [7, 11) is -9.21. The van der Waals surface area contributed by atoms with Crippen molar-refractivity contribution >= 4 is 15.4 Å². The normalized spacial score (nSPS) is 19.0. The number of phosphoric acid groups is 1. The minimum atomic E-state index is -4.86. The van der Waals surface area contributed by atoms with Crippen LogP contribution in [0.15, 0.2) is 0 Å². The average molecular weight is 355 g/mol. The highest BCUT2D eigenvalue weighted by molar-refractivity contribution is 7.51. The van der Waals surface area contributed by atoms with E-state index in [0.29, 0.717) is 0 Å². The molecule has 0 aliphatic rings. The largest absolute Gasteiger partial charge is 0.469 e. The van der Waals surface area contributed by atoms with Gasteiger partial charge in [-0.2, -0.15) is 0 Å². The molecule has 4 atom stereocenters. The molecule has 21 heavy (non-hydrogen) atoms. The number of phosphoric ester groups is 1. The molecule has 0 aromatic carbocycles. The van der Waals surface area contributed by atoms with Crippen LogP contribution >= 0.6 is 15.4 Å². The average Bonchev–Trinajstić information content (AvgIpc) is 2.31. The molecule has 0 aliphatic carbocycles. The third-order valence-electron chi connectivity index (χ3n) is 2.22. The summed E-state index contributed by atoms with van der Waals surface area (Å²) < 4.78 is 24.8. The highest BCUT2D eigenvalue weighted by Gasteiger charge is 2.32. The van der Waals surface area contributed by atoms with Gasteiger partial charge in [-0.3, -0.25) is 9.09 Å². The topological polar surface area (TPSA) is 217 Å². The highest BCUT2D eigenvalue weighted by Crippen LogP contribution is 2.36. The Labute approximate surface area is 119 Å². The van der Waals surface area contributed by atoms with Crippen molar-refractivity contribution in [1.29, 1.82) is 0 Å². The second-order valence-corrected chi connectivity index (χ2v) is 7.06. The molecule has 12 nitrogen and oxygen atoms in total. The van der Waals surface area contributed by atoms with Crippen LogP contribution in [0.2, 0.25) is 0 Å². The molecule has 0 aromatic rings. The van der Waals surface area contributed by atoms with Gasteiger partial charge < -0.3 is 45.3 Å². The van der Waals surface area contributed by atoms with Crippen LogP contribution < -0.4 is 5.32 Å². The van der Waals surface area contributed by atoms with Crippen molar-refractivity contribution in [2.24, 2.45) is 0 Å². The molecular weight excluding hydrogens is 336 g/mol. The molecule has 0 radical (unpaired) electrons. The van der Waals surface area contributed by atoms with Crippen LogP contribution in [0.25, 0.3) is 0 Å². The van der Waals surface area contributed by atoms with Gasteiger partial charge in [0.15, 0.2) is 0 Å². The monoisotopic (exact) mass is 355 g/mol. The van der Waals surface area contributed by atoms with E-state index in [9.17, 15) is 29.6 Å². The van der Waals surface area contributed by atoms with E-state index in [-0.39, 0.29) is 0 Å². The maximum atomic E-state index is 10.5. The van der Waals surface area contributed by atoms with E-state index < -0.39 is 59.3 Å². The quantitative estimate of drug-likeness (QED) is 0.173. The minimum Gasteiger partial charge on any atom is -0.389 e. The maximum Gasteiger partial charge on any atom is 0.469 e. The molecule has 9 N–H and O–H groups in total. The molecule has 14 heteroatoms. The summed E-state index contributed by atoms with van der Waals surface area (Å²) in [4.78, 5) is 33.9. The first kappa shape index (κ1) is 21.1. The molecule has 0 bridgehead atoms. The minimum absolute atomic E-state index is 0.505. The van der Waals surface area contributed by atoms with E-state index in [1.54, 1.807) is 0 Å². The molecule has 0 fully saturated rings. The van der Waals surface area contributed by atoms with Crippen molar-refractivity contribution in [1.82, 2.24) is 5.32 Å². The van der Waals surface area contributed by atoms with Crippen molar-refractivity contribution in [3.63, 3.8) is 0 Å². The highest BCUT2D eigenvalue weighted by atomic mass is 31.2. The van der Waals surface area contributed by atoms with Crippen LogP contribution in [0.5, 0.6) is 0 Å². The lowest BCUT2D eigenvalue weighted by molar-refractivity contribution is -0.112. The number of hydrogen-bond donors (Lipinski definition) is 9. The van der Waals surface area contributed by atoms with Gasteiger partial charge in [0.1, 0.15) is 18.3 Å². The summed E-state index contributed by atoms with van der Waals surface area (Å²) in [6.45, 7) is -1.50. The van der Waals surface area contributed by atoms with Crippen molar-refractivity contribution in [2.75, 3.05) is 19.4 Å². The van der Waals surface area contributed by atoms with Gasteiger partial charge in [-0.25, -0.2) is 4.57 Å². The van der Waals surface area contributed by atoms with Gasteiger partial charge >= 0.3 is 15.4 Å². The molecule has 0 saturated carbocycles. The predicted octanol–water partition coefficient (Wildman–Crippen LogP) is -3.74. The second-order valence-electron chi connectivity index (χ2n) is 4.18. The van der Waals surface area contributed by atoms with Crippen molar-refractivity contribution < 1.29 is 53.7 Å². The van der Waals surface area contributed by atoms with Gasteiger partial charge in [-0.15, -0.1) is 0 Å². The Bertz CT molecular complexity index is 394. The fraction of sp³-hybridized carbons (Fsp3) is 1.00. The van der Waals surface area contributed by atoms with Crippen molar-refractivity contribution in [3.8, 4) is 0 Å². The number of aliphatic hydroxyl groups excluding tert-OH is 4. The Morgan fingerprint density at radius 3 is 1.81 bits per heavy atom. The van der Waals surface area contributed by atoms with Gasteiger partial charge in [0.05, 0.1) is 19.0 Å². The fourth-order valence-electron chi connectivity index (χ4n) is 1.21. The Kier molecular flexibility index (Phi) is 8.65. The zero-order valence-corrected chi connectivity index (χ0v) is 12.4. The van der Waals surface area contributed by atoms with Gasteiger partial charge in [-0.05, 0) is 0 Å². The van der Waals surface area contributed by atoms with Crippen molar-refractivity contribution in [2.45, 2.75) is 24.4 Å². The van der Waals surface area contributed by atoms with Crippen LogP contribution in [0, 0.1) is 0 Å². The van der Waals surface area contributed by atoms with Gasteiger partial charge in [-0.1, -0.05) is 0 Å². The molecule has 0 amide bonds. The summed E-state index contributed by atoms with van der Waals surface area (Å²) in [5.41, 5.74) is 0. The number of hydrogen-bond acceptors (Lipinski definition) is 8. The Morgan fingerprint density at radius 2 is 1.38 bits per heavy atom. The fourth-order valence-corrected chi connectivity index (χ4v) is 1.97. The first-order chi connectivity index (χ1) is 9.33. The zero-order valence-electron chi connectivity index (χ0n) is 10.6. The third kappa shape index (κ3) is 10.4. The molecule has 0 aliphatic heterocycles. The first-order valence-electron chi connectivity index (χ1n) is 5.51. The standard InChI is InChI=1S/C7H19NO11P2/c9-4(1-8-3-20(13,14)15)6(11)7(12)5(10)2-19-21(16,17)18/h4-12H,1-3H2,(H2,13,14,15)(H2,16,17,18)/t4-,5-,6+,7+/m1/s1. The van der Waals surface area contributed by atoms with E-state index in [2.05, 4.69) is 9.84 Å². The van der Waals surface area contributed by atoms with Gasteiger partial charge in [0, 0.05) is 6.54 Å². The first-order valence-corrected chi connectivity index (χ1v) is 8.84. The van der Waals surface area contributed by atoms with E-state index in [1.165, 1.54) is 0 Å². The summed E-state index contributed by atoms with van der Waals surface area (Å²) in [5.74, 6) is 0. The number of nitrogens with one attached hydrogen (secondary N) is 1. The van der Waals surface area contributed by atoms with E-state index in [0.717, 1.165) is 0 Å². The lowest BCUT2D eigenvalue weighted by atomic mass is 10.0. The van der Waals surface area contributed by atoms with Gasteiger partial charge in [0.25, 0.3) is 0 Å². The summed E-state index contributed by atoms with van der Waals surface area (Å²) in [6, 6.07) is 0. The molecule has 128 valence electrons. The molecule has 0 saturated heterocycles. The molecule has 0 heterocycles. The third-order valence-corrected chi connectivity index (χ3v) is 3.34. The molecular formula is C7H19NO11P2. The summed E-state index contributed by atoms with van der Waals surface area (Å²) >= 11 is 0. The van der Waals surface area contributed by atoms with Crippen LogP contribution in [-0.4, -0.2) is 83.9 Å². The number of rotatable bonds is 10. The van der Waals surface area contributed by atoms with Gasteiger partial charge in [0.2, 0.25) is 0 Å². The lowest BCUT2D eigenvalue weighted by Crippen LogP contribution is -2.49. The summed E-state index contributed by atoms with van der Waals surface area (Å²) in [5, 5.41) is 39.8. The van der Waals surface area contributed by atoms with E-state index in [4.69, 9.17) is 19.6 Å². The Hall–Kier alpha value is 0.0600.